The van der Waals surface area contributed by atoms with E-state index in [2.05, 4.69) is 0 Å². The van der Waals surface area contributed by atoms with Gasteiger partial charge in [-0.3, -0.25) is 9.59 Å². The summed E-state index contributed by atoms with van der Waals surface area (Å²) in [5.74, 6) is -0.232. The first kappa shape index (κ1) is 13.1. The monoisotopic (exact) mass is 200 g/mol. The summed E-state index contributed by atoms with van der Waals surface area (Å²) >= 11 is 0. The zero-order valence-electron chi connectivity index (χ0n) is 9.50. The van der Waals surface area contributed by atoms with Crippen molar-refractivity contribution in [1.29, 1.82) is 0 Å². The molecule has 0 aliphatic rings. The van der Waals surface area contributed by atoms with Gasteiger partial charge in [0.15, 0.2) is 0 Å². The molecule has 0 N–H and O–H groups in total. The van der Waals surface area contributed by atoms with Crippen LogP contribution in [0.4, 0.5) is 0 Å². The molecule has 3 nitrogen and oxygen atoms in total. The van der Waals surface area contributed by atoms with E-state index >= 15 is 0 Å². The van der Waals surface area contributed by atoms with Crippen molar-refractivity contribution in [3.8, 4) is 0 Å². The van der Waals surface area contributed by atoms with Crippen molar-refractivity contribution in [2.24, 2.45) is 11.8 Å². The minimum absolute atomic E-state index is 0.0503. The molecule has 0 saturated heterocycles. The van der Waals surface area contributed by atoms with E-state index in [1.54, 1.807) is 6.92 Å². The summed E-state index contributed by atoms with van der Waals surface area (Å²) in [5.41, 5.74) is 0. The summed E-state index contributed by atoms with van der Waals surface area (Å²) < 4.78 is 4.70. The summed E-state index contributed by atoms with van der Waals surface area (Å²) in [5, 5.41) is 0. The Morgan fingerprint density at radius 1 is 1.36 bits per heavy atom. The highest BCUT2D eigenvalue weighted by Crippen LogP contribution is 2.19. The van der Waals surface area contributed by atoms with Crippen LogP contribution in [0, 0.1) is 11.8 Å². The van der Waals surface area contributed by atoms with Crippen LogP contribution in [0.2, 0.25) is 0 Å². The number of hydrogen-bond donors (Lipinski definition) is 0. The van der Waals surface area contributed by atoms with Gasteiger partial charge in [-0.05, 0) is 19.8 Å². The number of methoxy groups -OCH3 is 1. The Bertz CT molecular complexity index is 199. The maximum Gasteiger partial charge on any atom is 0.308 e. The van der Waals surface area contributed by atoms with Gasteiger partial charge in [0.05, 0.1) is 13.0 Å². The smallest absolute Gasteiger partial charge is 0.308 e. The summed E-state index contributed by atoms with van der Waals surface area (Å²) in [4.78, 5) is 22.4. The largest absolute Gasteiger partial charge is 0.469 e. The summed E-state index contributed by atoms with van der Waals surface area (Å²) in [6, 6.07) is 0. The first-order valence-electron chi connectivity index (χ1n) is 5.11. The van der Waals surface area contributed by atoms with Crippen molar-refractivity contribution >= 4 is 11.8 Å². The minimum atomic E-state index is -0.194. The zero-order valence-corrected chi connectivity index (χ0v) is 9.50. The molecule has 0 aliphatic carbocycles. The molecule has 0 aromatic heterocycles. The first-order valence-corrected chi connectivity index (χ1v) is 5.11. The molecule has 2 unspecified atom stereocenters. The maximum atomic E-state index is 11.3. The minimum Gasteiger partial charge on any atom is -0.469 e. The second-order valence-corrected chi connectivity index (χ2v) is 3.76. The van der Waals surface area contributed by atoms with Crippen molar-refractivity contribution in [3.05, 3.63) is 0 Å². The van der Waals surface area contributed by atoms with Crippen molar-refractivity contribution in [1.82, 2.24) is 0 Å². The molecule has 0 spiro atoms. The fraction of sp³-hybridized carbons (Fsp3) is 0.818. The topological polar surface area (TPSA) is 43.4 Å². The van der Waals surface area contributed by atoms with E-state index in [1.807, 2.05) is 13.8 Å². The molecule has 0 amide bonds. The first-order chi connectivity index (χ1) is 6.52. The van der Waals surface area contributed by atoms with Crippen molar-refractivity contribution < 1.29 is 14.3 Å². The van der Waals surface area contributed by atoms with Crippen LogP contribution in [0.15, 0.2) is 0 Å². The van der Waals surface area contributed by atoms with Gasteiger partial charge >= 0.3 is 5.97 Å². The highest BCUT2D eigenvalue weighted by Gasteiger charge is 2.22. The molecule has 0 heterocycles. The Labute approximate surface area is 85.8 Å². The number of carbonyl (C=O) groups is 2. The average molecular weight is 200 g/mol. The van der Waals surface area contributed by atoms with E-state index < -0.39 is 0 Å². The Balaban J connectivity index is 4.21. The van der Waals surface area contributed by atoms with Crippen LogP contribution in [-0.4, -0.2) is 18.9 Å². The number of rotatable bonds is 6. The van der Waals surface area contributed by atoms with Crippen molar-refractivity contribution in [2.75, 3.05) is 7.11 Å². The van der Waals surface area contributed by atoms with Gasteiger partial charge in [-0.2, -0.15) is 0 Å². The molecule has 0 aliphatic heterocycles. The number of hydrogen-bond acceptors (Lipinski definition) is 3. The van der Waals surface area contributed by atoms with E-state index in [0.717, 1.165) is 12.8 Å². The van der Waals surface area contributed by atoms with E-state index in [0.29, 0.717) is 6.42 Å². The molecule has 3 heteroatoms. The summed E-state index contributed by atoms with van der Waals surface area (Å²) in [6.45, 7) is 5.44. The third-order valence-corrected chi connectivity index (χ3v) is 2.50. The Hall–Kier alpha value is -0.860. The van der Waals surface area contributed by atoms with Gasteiger partial charge < -0.3 is 4.74 Å². The van der Waals surface area contributed by atoms with Gasteiger partial charge in [0, 0.05) is 5.92 Å². The van der Waals surface area contributed by atoms with Crippen LogP contribution < -0.4 is 0 Å². The van der Waals surface area contributed by atoms with Crippen LogP contribution in [0.3, 0.4) is 0 Å². The van der Waals surface area contributed by atoms with Crippen LogP contribution in [-0.2, 0) is 14.3 Å². The average Bonchev–Trinajstić information content (AvgIpc) is 2.15. The second kappa shape index (κ2) is 6.57. The van der Waals surface area contributed by atoms with Gasteiger partial charge in [0.25, 0.3) is 0 Å². The van der Waals surface area contributed by atoms with Crippen LogP contribution in [0.1, 0.15) is 40.0 Å². The molecule has 0 fully saturated rings. The van der Waals surface area contributed by atoms with Gasteiger partial charge in [-0.1, -0.05) is 20.3 Å². The lowest BCUT2D eigenvalue weighted by Gasteiger charge is -2.16. The summed E-state index contributed by atoms with van der Waals surface area (Å²) in [6.07, 6.45) is 2.34. The molecule has 14 heavy (non-hydrogen) atoms. The van der Waals surface area contributed by atoms with Crippen molar-refractivity contribution in [3.63, 3.8) is 0 Å². The van der Waals surface area contributed by atoms with Crippen molar-refractivity contribution in [2.45, 2.75) is 40.0 Å². The van der Waals surface area contributed by atoms with Gasteiger partial charge in [-0.25, -0.2) is 0 Å². The lowest BCUT2D eigenvalue weighted by molar-refractivity contribution is -0.146. The highest BCUT2D eigenvalue weighted by molar-refractivity contribution is 5.79. The maximum absolute atomic E-state index is 11.3. The molecule has 0 aromatic rings. The SMILES string of the molecule is CCCC(CC(C)C(C)=O)C(=O)OC. The molecule has 2 atom stereocenters. The third kappa shape index (κ3) is 4.40. The Morgan fingerprint density at radius 2 is 1.93 bits per heavy atom. The van der Waals surface area contributed by atoms with Gasteiger partial charge in [0.1, 0.15) is 5.78 Å². The fourth-order valence-corrected chi connectivity index (χ4v) is 1.44. The molecular weight excluding hydrogens is 180 g/mol. The predicted octanol–water partition coefficient (Wildman–Crippen LogP) is 2.19. The number of esters is 1. The third-order valence-electron chi connectivity index (χ3n) is 2.50. The number of ketones is 1. The Kier molecular flexibility index (Phi) is 6.17. The highest BCUT2D eigenvalue weighted by atomic mass is 16.5. The number of Topliss-reactive ketones (excluding diaryl/α,β-unsaturated/α-hetero) is 1. The molecule has 0 aromatic carbocycles. The molecule has 0 saturated carbocycles. The van der Waals surface area contributed by atoms with Gasteiger partial charge in [0.2, 0.25) is 0 Å². The second-order valence-electron chi connectivity index (χ2n) is 3.76. The van der Waals surface area contributed by atoms with Crippen LogP contribution in [0.5, 0.6) is 0 Å². The summed E-state index contributed by atoms with van der Waals surface area (Å²) in [7, 11) is 1.39. The molecule has 82 valence electrons. The van der Waals surface area contributed by atoms with Gasteiger partial charge in [-0.15, -0.1) is 0 Å². The van der Waals surface area contributed by atoms with E-state index in [1.165, 1.54) is 7.11 Å². The molecular formula is C11H20O3. The van der Waals surface area contributed by atoms with E-state index in [9.17, 15) is 9.59 Å². The van der Waals surface area contributed by atoms with Crippen LogP contribution in [0.25, 0.3) is 0 Å². The lowest BCUT2D eigenvalue weighted by Crippen LogP contribution is -2.21. The number of ether oxygens (including phenoxy) is 1. The zero-order chi connectivity index (χ0) is 11.1. The number of carbonyl (C=O) groups excluding carboxylic acids is 2. The molecule has 0 bridgehead atoms. The quantitative estimate of drug-likeness (QED) is 0.617. The molecule has 0 radical (unpaired) electrons. The van der Waals surface area contributed by atoms with Crippen LogP contribution >= 0.6 is 0 Å². The normalized spacial score (nSPS) is 14.6. The van der Waals surface area contributed by atoms with E-state index in [-0.39, 0.29) is 23.6 Å². The lowest BCUT2D eigenvalue weighted by atomic mass is 9.90. The van der Waals surface area contributed by atoms with E-state index in [4.69, 9.17) is 4.74 Å². The standard InChI is InChI=1S/C11H20O3/c1-5-6-10(11(13)14-4)7-8(2)9(3)12/h8,10H,5-7H2,1-4H3. The predicted molar refractivity (Wildman–Crippen MR) is 54.9 cm³/mol. The Morgan fingerprint density at radius 3 is 2.29 bits per heavy atom. The molecule has 0 rings (SSSR count). The fourth-order valence-electron chi connectivity index (χ4n) is 1.44.